The Balaban J connectivity index is 1.61. The molecule has 43 heavy (non-hydrogen) atoms. The molecule has 0 spiro atoms. The number of hydrogen-bond donors (Lipinski definition) is 4. The molecule has 1 aliphatic carbocycles. The van der Waals surface area contributed by atoms with Gasteiger partial charge in [-0.25, -0.2) is 0 Å². The van der Waals surface area contributed by atoms with E-state index in [4.69, 9.17) is 22.9 Å². The molecule has 0 aromatic heterocycles. The number of benzene rings is 8. The van der Waals surface area contributed by atoms with Crippen molar-refractivity contribution in [2.24, 2.45) is 0 Å². The Bertz CT molecular complexity index is 2490. The highest BCUT2D eigenvalue weighted by Gasteiger charge is 2.35. The van der Waals surface area contributed by atoms with Crippen molar-refractivity contribution in [1.29, 1.82) is 0 Å². The van der Waals surface area contributed by atoms with Gasteiger partial charge in [-0.1, -0.05) is 78.9 Å². The minimum absolute atomic E-state index is 0.0146. The van der Waals surface area contributed by atoms with Gasteiger partial charge < -0.3 is 22.9 Å². The SMILES string of the molecule is Nc1ccc(C2c3cc(N)ccc3-c3c2c2ccccc2c2c3c3ccccc3c3ccc4cc(N)c(N)cc4c32)cc1. The van der Waals surface area contributed by atoms with Gasteiger partial charge in [-0.15, -0.1) is 0 Å². The van der Waals surface area contributed by atoms with Crippen LogP contribution >= 0.6 is 0 Å². The first-order chi connectivity index (χ1) is 21.0. The molecular weight excluding hydrogens is 524 g/mol. The molecular formula is C39H28N4. The molecule has 8 aromatic rings. The zero-order valence-corrected chi connectivity index (χ0v) is 23.4. The first-order valence-corrected chi connectivity index (χ1v) is 14.6. The summed E-state index contributed by atoms with van der Waals surface area (Å²) in [6.45, 7) is 0. The molecule has 8 aromatic carbocycles. The minimum Gasteiger partial charge on any atom is -0.399 e. The maximum absolute atomic E-state index is 6.47. The van der Waals surface area contributed by atoms with E-state index in [1.807, 2.05) is 24.3 Å². The second kappa shape index (κ2) is 8.40. The van der Waals surface area contributed by atoms with Crippen LogP contribution in [0, 0.1) is 0 Å². The predicted octanol–water partition coefficient (Wildman–Crippen LogP) is 8.94. The van der Waals surface area contributed by atoms with Crippen molar-refractivity contribution in [1.82, 2.24) is 0 Å². The van der Waals surface area contributed by atoms with Gasteiger partial charge in [0.1, 0.15) is 0 Å². The van der Waals surface area contributed by atoms with E-state index in [1.165, 1.54) is 70.9 Å². The summed E-state index contributed by atoms with van der Waals surface area (Å²) in [5.74, 6) is 0.0146. The zero-order valence-electron chi connectivity index (χ0n) is 23.4. The fraction of sp³-hybridized carbons (Fsp3) is 0.0256. The largest absolute Gasteiger partial charge is 0.399 e. The first-order valence-electron chi connectivity index (χ1n) is 14.6. The van der Waals surface area contributed by atoms with Crippen molar-refractivity contribution >= 4 is 76.6 Å². The lowest BCUT2D eigenvalue weighted by molar-refractivity contribution is 1.03. The zero-order chi connectivity index (χ0) is 29.0. The van der Waals surface area contributed by atoms with Crippen LogP contribution in [0.5, 0.6) is 0 Å². The lowest BCUT2D eigenvalue weighted by Crippen LogP contribution is -2.02. The van der Waals surface area contributed by atoms with Crippen LogP contribution in [-0.2, 0) is 0 Å². The summed E-state index contributed by atoms with van der Waals surface area (Å²) in [7, 11) is 0. The summed E-state index contributed by atoms with van der Waals surface area (Å²) in [6.07, 6.45) is 0. The first kappa shape index (κ1) is 23.9. The van der Waals surface area contributed by atoms with Crippen LogP contribution < -0.4 is 22.9 Å². The molecule has 9 rings (SSSR count). The van der Waals surface area contributed by atoms with Gasteiger partial charge in [0.05, 0.1) is 11.4 Å². The molecule has 0 heterocycles. The van der Waals surface area contributed by atoms with Gasteiger partial charge in [0.25, 0.3) is 0 Å². The molecule has 0 aliphatic heterocycles. The average Bonchev–Trinajstić information content (AvgIpc) is 3.36. The fourth-order valence-corrected chi connectivity index (χ4v) is 7.65. The Labute approximate surface area is 248 Å². The minimum atomic E-state index is 0.0146. The van der Waals surface area contributed by atoms with E-state index in [0.717, 1.165) is 22.1 Å². The number of hydrogen-bond acceptors (Lipinski definition) is 4. The van der Waals surface area contributed by atoms with Crippen molar-refractivity contribution in [2.45, 2.75) is 5.92 Å². The predicted molar refractivity (Wildman–Crippen MR) is 184 cm³/mol. The van der Waals surface area contributed by atoms with E-state index in [1.54, 1.807) is 0 Å². The van der Waals surface area contributed by atoms with Gasteiger partial charge in [-0.05, 0) is 118 Å². The lowest BCUT2D eigenvalue weighted by atomic mass is 9.81. The van der Waals surface area contributed by atoms with Gasteiger partial charge in [-0.3, -0.25) is 0 Å². The number of nitrogens with two attached hydrogens (primary N) is 4. The van der Waals surface area contributed by atoms with E-state index in [0.29, 0.717) is 11.4 Å². The maximum Gasteiger partial charge on any atom is 0.0554 e. The van der Waals surface area contributed by atoms with E-state index in [2.05, 4.69) is 91.0 Å². The molecule has 1 unspecified atom stereocenters. The summed E-state index contributed by atoms with van der Waals surface area (Å²) in [5.41, 5.74) is 34.3. The van der Waals surface area contributed by atoms with Crippen LogP contribution in [0.1, 0.15) is 22.6 Å². The Hall–Kier alpha value is -5.74. The number of nitrogen functional groups attached to an aromatic ring is 4. The average molecular weight is 553 g/mol. The highest BCUT2D eigenvalue weighted by molar-refractivity contribution is 6.39. The number of rotatable bonds is 1. The smallest absolute Gasteiger partial charge is 0.0554 e. The highest BCUT2D eigenvalue weighted by atomic mass is 14.7. The Kier molecular flexibility index (Phi) is 4.67. The summed E-state index contributed by atoms with van der Waals surface area (Å²) < 4.78 is 0. The summed E-state index contributed by atoms with van der Waals surface area (Å²) in [5, 5.41) is 12.0. The molecule has 1 atom stereocenters. The fourth-order valence-electron chi connectivity index (χ4n) is 7.65. The molecule has 0 fully saturated rings. The molecule has 0 radical (unpaired) electrons. The quantitative estimate of drug-likeness (QED) is 0.120. The van der Waals surface area contributed by atoms with E-state index in [9.17, 15) is 0 Å². The van der Waals surface area contributed by atoms with Crippen molar-refractivity contribution in [3.63, 3.8) is 0 Å². The Morgan fingerprint density at radius 2 is 1.07 bits per heavy atom. The van der Waals surface area contributed by atoms with Crippen LogP contribution in [0.4, 0.5) is 22.7 Å². The molecule has 0 bridgehead atoms. The highest BCUT2D eigenvalue weighted by Crippen LogP contribution is 2.57. The molecule has 0 amide bonds. The molecule has 1 aliphatic rings. The summed E-state index contributed by atoms with van der Waals surface area (Å²) in [4.78, 5) is 0. The van der Waals surface area contributed by atoms with Crippen LogP contribution in [0.3, 0.4) is 0 Å². The number of fused-ring (bicyclic) bond motifs is 15. The second-order valence-corrected chi connectivity index (χ2v) is 11.8. The van der Waals surface area contributed by atoms with Gasteiger partial charge >= 0.3 is 0 Å². The standard InChI is InChI=1S/C39H28N4/c40-22-12-9-20(10-13-22)34-31-18-23(41)14-16-29(31)39-36(34)26-7-3-4-8-27(26)37-35-28(24-5-1-2-6-25(24)38(37)39)15-11-21-17-32(42)33(43)19-30(21)35/h1-19,34H,40-43H2. The molecule has 8 N–H and O–H groups in total. The lowest BCUT2D eigenvalue weighted by Gasteiger charge is -2.21. The van der Waals surface area contributed by atoms with Crippen molar-refractivity contribution in [3.8, 4) is 11.1 Å². The molecule has 0 saturated carbocycles. The summed E-state index contributed by atoms with van der Waals surface area (Å²) in [6, 6.07) is 40.7. The van der Waals surface area contributed by atoms with Crippen molar-refractivity contribution < 1.29 is 0 Å². The normalized spacial score (nSPS) is 14.2. The monoisotopic (exact) mass is 552 g/mol. The van der Waals surface area contributed by atoms with Gasteiger partial charge in [-0.2, -0.15) is 0 Å². The number of anilines is 4. The van der Waals surface area contributed by atoms with Gasteiger partial charge in [0.15, 0.2) is 0 Å². The Morgan fingerprint density at radius 1 is 0.442 bits per heavy atom. The molecule has 204 valence electrons. The van der Waals surface area contributed by atoms with Crippen LogP contribution in [0.2, 0.25) is 0 Å². The van der Waals surface area contributed by atoms with E-state index < -0.39 is 0 Å². The van der Waals surface area contributed by atoms with Crippen LogP contribution in [0.15, 0.2) is 115 Å². The summed E-state index contributed by atoms with van der Waals surface area (Å²) >= 11 is 0. The topological polar surface area (TPSA) is 104 Å². The van der Waals surface area contributed by atoms with Gasteiger partial charge in [0.2, 0.25) is 0 Å². The second-order valence-electron chi connectivity index (χ2n) is 11.8. The van der Waals surface area contributed by atoms with Crippen molar-refractivity contribution in [3.05, 3.63) is 132 Å². The van der Waals surface area contributed by atoms with E-state index in [-0.39, 0.29) is 5.92 Å². The molecule has 4 nitrogen and oxygen atoms in total. The third-order valence-corrected chi connectivity index (χ3v) is 9.43. The van der Waals surface area contributed by atoms with Crippen LogP contribution in [0.25, 0.3) is 65.0 Å². The molecule has 0 saturated heterocycles. The third-order valence-electron chi connectivity index (χ3n) is 9.43. The third kappa shape index (κ3) is 3.15. The maximum atomic E-state index is 6.47. The van der Waals surface area contributed by atoms with E-state index >= 15 is 0 Å². The molecule has 4 heteroatoms. The van der Waals surface area contributed by atoms with Gasteiger partial charge in [0, 0.05) is 17.3 Å². The van der Waals surface area contributed by atoms with Crippen molar-refractivity contribution in [2.75, 3.05) is 22.9 Å². The Morgan fingerprint density at radius 3 is 1.84 bits per heavy atom. The van der Waals surface area contributed by atoms with Crippen LogP contribution in [-0.4, -0.2) is 0 Å².